The summed E-state index contributed by atoms with van der Waals surface area (Å²) >= 11 is 0. The van der Waals surface area contributed by atoms with Crippen LogP contribution < -0.4 is 0 Å². The van der Waals surface area contributed by atoms with Crippen LogP contribution in [0.4, 0.5) is 0 Å². The van der Waals surface area contributed by atoms with E-state index in [1.165, 1.54) is 64.2 Å². The summed E-state index contributed by atoms with van der Waals surface area (Å²) in [5.41, 5.74) is 0. The molecule has 1 heteroatoms. The predicted octanol–water partition coefficient (Wildman–Crippen LogP) is 4.14. The summed E-state index contributed by atoms with van der Waals surface area (Å²) in [6, 6.07) is 0. The lowest BCUT2D eigenvalue weighted by Crippen LogP contribution is -2.27. The van der Waals surface area contributed by atoms with Crippen LogP contribution in [0.5, 0.6) is 0 Å². The van der Waals surface area contributed by atoms with E-state index in [1.807, 2.05) is 0 Å². The molecule has 0 aromatic carbocycles. The second kappa shape index (κ2) is 6.05. The lowest BCUT2D eigenvalue weighted by atomic mass is 9.84. The Bertz CT molecular complexity index is 194. The summed E-state index contributed by atoms with van der Waals surface area (Å²) in [6.45, 7) is 2.30. The van der Waals surface area contributed by atoms with Crippen molar-refractivity contribution in [1.29, 1.82) is 0 Å². The van der Waals surface area contributed by atoms with Crippen molar-refractivity contribution < 1.29 is 5.11 Å². The zero-order valence-corrected chi connectivity index (χ0v) is 10.8. The summed E-state index contributed by atoms with van der Waals surface area (Å²) in [6.07, 6.45) is 13.4. The van der Waals surface area contributed by atoms with Crippen LogP contribution in [0.2, 0.25) is 0 Å². The van der Waals surface area contributed by atoms with Crippen LogP contribution in [0.3, 0.4) is 0 Å². The lowest BCUT2D eigenvalue weighted by molar-refractivity contribution is 0.0439. The largest absolute Gasteiger partial charge is 0.393 e. The molecular formula is C15H28O. The Balaban J connectivity index is 1.83. The van der Waals surface area contributed by atoms with Gasteiger partial charge in [0.15, 0.2) is 0 Å². The smallest absolute Gasteiger partial charge is 0.0596 e. The fraction of sp³-hybridized carbons (Fsp3) is 1.00. The average molecular weight is 224 g/mol. The highest BCUT2D eigenvalue weighted by Crippen LogP contribution is 2.39. The molecule has 0 saturated heterocycles. The van der Waals surface area contributed by atoms with Gasteiger partial charge in [-0.05, 0) is 43.4 Å². The van der Waals surface area contributed by atoms with Gasteiger partial charge in [-0.25, -0.2) is 0 Å². The van der Waals surface area contributed by atoms with E-state index >= 15 is 0 Å². The van der Waals surface area contributed by atoms with Crippen LogP contribution in [-0.2, 0) is 0 Å². The Labute approximate surface area is 101 Å². The summed E-state index contributed by atoms with van der Waals surface area (Å²) < 4.78 is 0. The van der Waals surface area contributed by atoms with E-state index < -0.39 is 0 Å². The van der Waals surface area contributed by atoms with Crippen LogP contribution >= 0.6 is 0 Å². The fourth-order valence-electron chi connectivity index (χ4n) is 3.83. The third-order valence-corrected chi connectivity index (χ3v) is 5.02. The summed E-state index contributed by atoms with van der Waals surface area (Å²) in [7, 11) is 0. The highest BCUT2D eigenvalue weighted by atomic mass is 16.3. The Morgan fingerprint density at radius 2 is 1.62 bits per heavy atom. The molecule has 2 fully saturated rings. The maximum atomic E-state index is 10.5. The van der Waals surface area contributed by atoms with Gasteiger partial charge in [-0.15, -0.1) is 0 Å². The monoisotopic (exact) mass is 224 g/mol. The van der Waals surface area contributed by atoms with E-state index in [1.54, 1.807) is 0 Å². The molecular weight excluding hydrogens is 196 g/mol. The van der Waals surface area contributed by atoms with Gasteiger partial charge in [-0.2, -0.15) is 0 Å². The molecule has 0 aliphatic heterocycles. The molecule has 0 amide bonds. The molecule has 94 valence electrons. The zero-order valence-electron chi connectivity index (χ0n) is 10.8. The van der Waals surface area contributed by atoms with Crippen molar-refractivity contribution in [2.24, 2.45) is 17.8 Å². The van der Waals surface area contributed by atoms with Gasteiger partial charge in [0.05, 0.1) is 6.10 Å². The molecule has 2 rings (SSSR count). The number of aliphatic hydroxyl groups is 1. The summed E-state index contributed by atoms with van der Waals surface area (Å²) in [5, 5.41) is 10.5. The highest BCUT2D eigenvalue weighted by molar-refractivity contribution is 4.84. The van der Waals surface area contributed by atoms with E-state index in [0.29, 0.717) is 11.8 Å². The molecule has 3 unspecified atom stereocenters. The van der Waals surface area contributed by atoms with Crippen molar-refractivity contribution in [1.82, 2.24) is 0 Å². The second-order valence-electron chi connectivity index (χ2n) is 6.09. The third kappa shape index (κ3) is 3.00. The minimum atomic E-state index is 0.0228. The number of rotatable bonds is 3. The van der Waals surface area contributed by atoms with E-state index in [4.69, 9.17) is 0 Å². The summed E-state index contributed by atoms with van der Waals surface area (Å²) in [5.74, 6) is 2.17. The molecule has 1 N–H and O–H groups in total. The van der Waals surface area contributed by atoms with Gasteiger partial charge in [0.2, 0.25) is 0 Å². The van der Waals surface area contributed by atoms with Gasteiger partial charge in [0.25, 0.3) is 0 Å². The van der Waals surface area contributed by atoms with Gasteiger partial charge in [-0.1, -0.05) is 45.4 Å². The van der Waals surface area contributed by atoms with Gasteiger partial charge >= 0.3 is 0 Å². The maximum absolute atomic E-state index is 10.5. The van der Waals surface area contributed by atoms with Gasteiger partial charge < -0.3 is 5.11 Å². The van der Waals surface area contributed by atoms with Gasteiger partial charge in [0.1, 0.15) is 0 Å². The first-order valence-electron chi connectivity index (χ1n) is 7.49. The molecule has 0 aromatic rings. The Morgan fingerprint density at radius 3 is 2.19 bits per heavy atom. The molecule has 0 aromatic heterocycles. The topological polar surface area (TPSA) is 20.2 Å². The Hall–Kier alpha value is -0.0400. The molecule has 0 bridgehead atoms. The molecule has 1 nitrogen and oxygen atoms in total. The van der Waals surface area contributed by atoms with Crippen molar-refractivity contribution in [3.05, 3.63) is 0 Å². The Morgan fingerprint density at radius 1 is 0.938 bits per heavy atom. The third-order valence-electron chi connectivity index (χ3n) is 5.02. The molecule has 3 atom stereocenters. The van der Waals surface area contributed by atoms with Crippen LogP contribution in [0.1, 0.15) is 71.1 Å². The summed E-state index contributed by atoms with van der Waals surface area (Å²) in [4.78, 5) is 0. The average Bonchev–Trinajstić information content (AvgIpc) is 2.62. The van der Waals surface area contributed by atoms with Crippen LogP contribution in [0.25, 0.3) is 0 Å². The first-order chi connectivity index (χ1) is 7.81. The molecule has 16 heavy (non-hydrogen) atoms. The first-order valence-corrected chi connectivity index (χ1v) is 7.49. The standard InChI is InChI=1S/C15H28O/c1-2-12-9-10-14(11-12)15(16)13-7-5-3-4-6-8-13/h12-16H,2-11H2,1H3. The maximum Gasteiger partial charge on any atom is 0.0596 e. The molecule has 0 radical (unpaired) electrons. The molecule has 2 aliphatic rings. The fourth-order valence-corrected chi connectivity index (χ4v) is 3.83. The number of hydrogen-bond acceptors (Lipinski definition) is 1. The van der Waals surface area contributed by atoms with E-state index in [-0.39, 0.29) is 6.10 Å². The van der Waals surface area contributed by atoms with Crippen LogP contribution in [0.15, 0.2) is 0 Å². The van der Waals surface area contributed by atoms with Crippen molar-refractivity contribution in [3.8, 4) is 0 Å². The molecule has 0 spiro atoms. The van der Waals surface area contributed by atoms with Crippen LogP contribution in [0, 0.1) is 17.8 Å². The van der Waals surface area contributed by atoms with Crippen molar-refractivity contribution in [3.63, 3.8) is 0 Å². The van der Waals surface area contributed by atoms with E-state index in [2.05, 4.69) is 6.92 Å². The van der Waals surface area contributed by atoms with Crippen LogP contribution in [-0.4, -0.2) is 11.2 Å². The predicted molar refractivity (Wildman–Crippen MR) is 68.3 cm³/mol. The lowest BCUT2D eigenvalue weighted by Gasteiger charge is -2.26. The zero-order chi connectivity index (χ0) is 11.4. The minimum absolute atomic E-state index is 0.0228. The normalized spacial score (nSPS) is 34.9. The number of aliphatic hydroxyl groups excluding tert-OH is 1. The number of hydrogen-bond donors (Lipinski definition) is 1. The highest BCUT2D eigenvalue weighted by Gasteiger charge is 2.33. The van der Waals surface area contributed by atoms with E-state index in [9.17, 15) is 5.11 Å². The van der Waals surface area contributed by atoms with Gasteiger partial charge in [0, 0.05) is 0 Å². The van der Waals surface area contributed by atoms with Crippen molar-refractivity contribution >= 4 is 0 Å². The SMILES string of the molecule is CCC1CCC(C(O)C2CCCCCC2)C1. The molecule has 0 heterocycles. The minimum Gasteiger partial charge on any atom is -0.393 e. The van der Waals surface area contributed by atoms with E-state index in [0.717, 1.165) is 5.92 Å². The molecule has 2 aliphatic carbocycles. The first kappa shape index (κ1) is 12.4. The van der Waals surface area contributed by atoms with Crippen molar-refractivity contribution in [2.45, 2.75) is 77.2 Å². The molecule has 2 saturated carbocycles. The quantitative estimate of drug-likeness (QED) is 0.714. The second-order valence-corrected chi connectivity index (χ2v) is 6.09. The Kier molecular flexibility index (Phi) is 4.69. The van der Waals surface area contributed by atoms with Crippen molar-refractivity contribution in [2.75, 3.05) is 0 Å². The van der Waals surface area contributed by atoms with Gasteiger partial charge in [-0.3, -0.25) is 0 Å².